The summed E-state index contributed by atoms with van der Waals surface area (Å²) in [6.07, 6.45) is 0. The average Bonchev–Trinajstić information content (AvgIpc) is 1.39. The zero-order valence-corrected chi connectivity index (χ0v) is 10.0. The van der Waals surface area contributed by atoms with E-state index in [1.54, 1.807) is 0 Å². The van der Waals surface area contributed by atoms with E-state index < -0.39 is 29.6 Å². The summed E-state index contributed by atoms with van der Waals surface area (Å²) in [6.45, 7) is 0. The SMILES string of the molecule is O=[Se]=O.O=[Se]=O.[Fe+3].[Fe+3].[O-2].[O-2].[O-2]. The van der Waals surface area contributed by atoms with Gasteiger partial charge < -0.3 is 16.4 Å². The molecule has 0 N–H and O–H groups in total. The van der Waals surface area contributed by atoms with Crippen molar-refractivity contribution in [1.29, 1.82) is 0 Å². The molecule has 7 nitrogen and oxygen atoms in total. The molecule has 0 heterocycles. The summed E-state index contributed by atoms with van der Waals surface area (Å²) in [7, 11) is 0. The van der Waals surface area contributed by atoms with Crippen molar-refractivity contribution in [2.45, 2.75) is 0 Å². The van der Waals surface area contributed by atoms with Gasteiger partial charge in [0.2, 0.25) is 0 Å². The Morgan fingerprint density at radius 1 is 0.545 bits per heavy atom. The quantitative estimate of drug-likeness (QED) is 0.463. The van der Waals surface area contributed by atoms with Gasteiger partial charge in [-0.15, -0.1) is 0 Å². The summed E-state index contributed by atoms with van der Waals surface area (Å²) >= 11 is -3.25. The molecule has 0 atom stereocenters. The van der Waals surface area contributed by atoms with E-state index in [-0.39, 0.29) is 50.6 Å². The van der Waals surface area contributed by atoms with E-state index in [0.717, 1.165) is 0 Å². The van der Waals surface area contributed by atoms with Crippen LogP contribution < -0.4 is 0 Å². The van der Waals surface area contributed by atoms with Crippen molar-refractivity contribution in [3.63, 3.8) is 0 Å². The Kier molecular flexibility index (Phi) is 597. The molecule has 0 bridgehead atoms. The van der Waals surface area contributed by atoms with Crippen LogP contribution in [0.3, 0.4) is 0 Å². The van der Waals surface area contributed by atoms with Gasteiger partial charge in [-0.2, -0.15) is 0 Å². The molecular weight excluding hydrogens is 382 g/mol. The maximum absolute atomic E-state index is 8.44. The predicted octanol–water partition coefficient (Wildman–Crippen LogP) is -1.60. The Balaban J connectivity index is -0.00000000400. The fourth-order valence-corrected chi connectivity index (χ4v) is 0. The van der Waals surface area contributed by atoms with Gasteiger partial charge in [0.15, 0.2) is 0 Å². The topological polar surface area (TPSA) is 154 Å². The first kappa shape index (κ1) is 56.9. The van der Waals surface area contributed by atoms with Crippen molar-refractivity contribution in [3.8, 4) is 0 Å². The smallest absolute Gasteiger partial charge is 2.00 e. The molecule has 70 valence electrons. The van der Waals surface area contributed by atoms with E-state index in [1.165, 1.54) is 0 Å². The molecule has 0 aliphatic heterocycles. The fourth-order valence-electron chi connectivity index (χ4n) is 0. The summed E-state index contributed by atoms with van der Waals surface area (Å²) in [5.41, 5.74) is 0. The molecule has 0 aliphatic carbocycles. The average molecular weight is 382 g/mol. The van der Waals surface area contributed by atoms with E-state index in [0.29, 0.717) is 0 Å². The van der Waals surface area contributed by atoms with Crippen molar-refractivity contribution in [3.05, 3.63) is 0 Å². The Hall–Kier alpha value is 1.16. The van der Waals surface area contributed by atoms with E-state index in [1.807, 2.05) is 0 Å². The van der Waals surface area contributed by atoms with Crippen molar-refractivity contribution < 1.29 is 65.9 Å². The third-order valence-corrected chi connectivity index (χ3v) is 0. The third kappa shape index (κ3) is 698. The second-order valence-electron chi connectivity index (χ2n) is 0.136. The number of rotatable bonds is 0. The molecule has 0 aromatic carbocycles. The van der Waals surface area contributed by atoms with E-state index >= 15 is 0 Å². The first-order valence-electron chi connectivity index (χ1n) is 0.667. The zero-order chi connectivity index (χ0) is 5.41. The van der Waals surface area contributed by atoms with Crippen LogP contribution in [0.4, 0.5) is 0 Å². The maximum Gasteiger partial charge on any atom is 3.00 e. The van der Waals surface area contributed by atoms with Crippen molar-refractivity contribution in [2.75, 3.05) is 0 Å². The molecule has 0 saturated carbocycles. The van der Waals surface area contributed by atoms with Gasteiger partial charge in [-0.05, 0) is 0 Å². The van der Waals surface area contributed by atoms with Gasteiger partial charge in [0.1, 0.15) is 0 Å². The minimum atomic E-state index is -1.62. The van der Waals surface area contributed by atoms with Gasteiger partial charge in [-0.1, -0.05) is 0 Å². The van der Waals surface area contributed by atoms with Gasteiger partial charge in [-0.25, -0.2) is 0 Å². The molecule has 0 saturated heterocycles. The summed E-state index contributed by atoms with van der Waals surface area (Å²) in [6, 6.07) is 0. The molecular formula is Fe2O7Se2. The Bertz CT molecular complexity index is 68.4. The first-order valence-corrected chi connectivity index (χ1v) is 3.46. The number of hydrogen-bond donors (Lipinski definition) is 0. The second kappa shape index (κ2) is 115. The summed E-state index contributed by atoms with van der Waals surface area (Å²) in [5.74, 6) is 0. The van der Waals surface area contributed by atoms with Crippen molar-refractivity contribution >= 4 is 29.6 Å². The molecule has 0 rings (SSSR count). The van der Waals surface area contributed by atoms with E-state index in [2.05, 4.69) is 0 Å². The molecule has 0 aliphatic rings. The third-order valence-electron chi connectivity index (χ3n) is 0. The number of hydrogen-bond acceptors (Lipinski definition) is 4. The summed E-state index contributed by atoms with van der Waals surface area (Å²) in [5, 5.41) is 0. The van der Waals surface area contributed by atoms with Gasteiger partial charge in [0, 0.05) is 0 Å². The maximum atomic E-state index is 8.44. The normalized spacial score (nSPS) is 2.18. The van der Waals surface area contributed by atoms with Crippen LogP contribution >= 0.6 is 0 Å². The minimum Gasteiger partial charge on any atom is -2.00 e. The largest absolute Gasteiger partial charge is 3.00 e. The molecule has 11 heteroatoms. The zero-order valence-electron chi connectivity index (χ0n) is 4.38. The van der Waals surface area contributed by atoms with Crippen LogP contribution in [0.1, 0.15) is 0 Å². The fraction of sp³-hybridized carbons (Fsp3) is 0. The molecule has 0 unspecified atom stereocenters. The van der Waals surface area contributed by atoms with Crippen LogP contribution in [-0.2, 0) is 65.9 Å². The Morgan fingerprint density at radius 2 is 0.545 bits per heavy atom. The molecule has 0 fully saturated rings. The molecule has 0 aromatic rings. The second-order valence-corrected chi connectivity index (χ2v) is 0.707. The molecule has 2 radical (unpaired) electrons. The van der Waals surface area contributed by atoms with Gasteiger partial charge in [0.25, 0.3) is 0 Å². The minimum absolute atomic E-state index is 0. The van der Waals surface area contributed by atoms with Crippen LogP contribution in [0.2, 0.25) is 0 Å². The first-order chi connectivity index (χ1) is 2.83. The van der Waals surface area contributed by atoms with Crippen LogP contribution in [0.25, 0.3) is 0 Å². The van der Waals surface area contributed by atoms with Gasteiger partial charge in [0.05, 0.1) is 0 Å². The molecule has 0 spiro atoms. The van der Waals surface area contributed by atoms with Crippen LogP contribution in [0.5, 0.6) is 0 Å². The van der Waals surface area contributed by atoms with Gasteiger partial charge in [-0.3, -0.25) is 0 Å². The Labute approximate surface area is 95.1 Å². The monoisotopic (exact) mass is 384 g/mol. The molecule has 0 amide bonds. The standard InChI is InChI=1S/2Fe.2O2Se.3O/c;;2*1-3-2;;;/q2*+3;;;3*-2. The van der Waals surface area contributed by atoms with Gasteiger partial charge >= 0.3 is 79.1 Å². The summed E-state index contributed by atoms with van der Waals surface area (Å²) < 4.78 is 33.8. The van der Waals surface area contributed by atoms with Crippen LogP contribution in [0, 0.1) is 0 Å². The molecule has 11 heavy (non-hydrogen) atoms. The van der Waals surface area contributed by atoms with Crippen LogP contribution in [0.15, 0.2) is 0 Å². The molecule has 0 aromatic heterocycles. The van der Waals surface area contributed by atoms with Crippen LogP contribution in [-0.4, -0.2) is 29.6 Å². The summed E-state index contributed by atoms with van der Waals surface area (Å²) in [4.78, 5) is 0. The predicted molar refractivity (Wildman–Crippen MR) is 16.3 cm³/mol. The van der Waals surface area contributed by atoms with E-state index in [9.17, 15) is 0 Å². The van der Waals surface area contributed by atoms with Crippen molar-refractivity contribution in [2.24, 2.45) is 0 Å². The Morgan fingerprint density at radius 3 is 0.545 bits per heavy atom. The van der Waals surface area contributed by atoms with Crippen molar-refractivity contribution in [1.82, 2.24) is 0 Å². The van der Waals surface area contributed by atoms with E-state index in [4.69, 9.17) is 15.3 Å².